The van der Waals surface area contributed by atoms with Crippen LogP contribution in [-0.2, 0) is 22.4 Å². The molecular weight excluding hydrogens is 424 g/mol. The molecule has 0 radical (unpaired) electrons. The minimum atomic E-state index is -0.111. The van der Waals surface area contributed by atoms with Crippen molar-refractivity contribution in [2.24, 2.45) is 11.3 Å². The number of hydrogen-bond acceptors (Lipinski definition) is 6. The SMILES string of the molecule is O=C(NCC1CC2(CCOCC2)CN1C(=O)c1cc2occc2[nH]1)C1CCc2n[nH]nc2C1. The lowest BCUT2D eigenvalue weighted by Gasteiger charge is -2.32. The second-order valence-corrected chi connectivity index (χ2v) is 9.69. The topological polar surface area (TPSA) is 129 Å². The van der Waals surface area contributed by atoms with Crippen LogP contribution in [0.5, 0.6) is 0 Å². The summed E-state index contributed by atoms with van der Waals surface area (Å²) in [6, 6.07) is 3.53. The van der Waals surface area contributed by atoms with E-state index in [0.717, 1.165) is 62.2 Å². The summed E-state index contributed by atoms with van der Waals surface area (Å²) in [6.07, 6.45) is 6.48. The number of fused-ring (bicyclic) bond motifs is 2. The quantitative estimate of drug-likeness (QED) is 0.554. The van der Waals surface area contributed by atoms with Crippen molar-refractivity contribution in [3.8, 4) is 0 Å². The number of furan rings is 1. The number of carbonyl (C=O) groups is 2. The molecule has 2 amide bonds. The average Bonchev–Trinajstić information content (AvgIpc) is 3.60. The van der Waals surface area contributed by atoms with Crippen LogP contribution in [0.25, 0.3) is 11.1 Å². The van der Waals surface area contributed by atoms with Gasteiger partial charge in [-0.05, 0) is 37.5 Å². The van der Waals surface area contributed by atoms with Crippen molar-refractivity contribution in [3.63, 3.8) is 0 Å². The molecule has 5 heterocycles. The molecule has 1 spiro atoms. The van der Waals surface area contributed by atoms with E-state index in [9.17, 15) is 9.59 Å². The predicted octanol–water partition coefficient (Wildman–Crippen LogP) is 1.81. The van der Waals surface area contributed by atoms with E-state index in [1.54, 1.807) is 12.3 Å². The molecule has 0 saturated carbocycles. The Hall–Kier alpha value is -3.14. The number of carbonyl (C=O) groups excluding carboxylic acids is 2. The summed E-state index contributed by atoms with van der Waals surface area (Å²) in [5.74, 6) is -0.129. The maximum Gasteiger partial charge on any atom is 0.270 e. The highest BCUT2D eigenvalue weighted by molar-refractivity contribution is 5.97. The molecule has 2 fully saturated rings. The molecule has 33 heavy (non-hydrogen) atoms. The van der Waals surface area contributed by atoms with E-state index >= 15 is 0 Å². The predicted molar refractivity (Wildman–Crippen MR) is 117 cm³/mol. The maximum atomic E-state index is 13.5. The van der Waals surface area contributed by atoms with Crippen molar-refractivity contribution in [1.29, 1.82) is 0 Å². The Balaban J connectivity index is 1.17. The average molecular weight is 453 g/mol. The first kappa shape index (κ1) is 20.5. The van der Waals surface area contributed by atoms with Gasteiger partial charge in [-0.25, -0.2) is 0 Å². The fraction of sp³-hybridized carbons (Fsp3) is 0.565. The first-order chi connectivity index (χ1) is 16.1. The van der Waals surface area contributed by atoms with Gasteiger partial charge in [0.2, 0.25) is 5.91 Å². The lowest BCUT2D eigenvalue weighted by molar-refractivity contribution is -0.125. The number of H-pyrrole nitrogens is 2. The molecule has 2 saturated heterocycles. The Kier molecular flexibility index (Phi) is 4.97. The summed E-state index contributed by atoms with van der Waals surface area (Å²) < 4.78 is 11.0. The Morgan fingerprint density at radius 1 is 1.24 bits per heavy atom. The molecule has 1 aliphatic carbocycles. The summed E-state index contributed by atoms with van der Waals surface area (Å²) in [7, 11) is 0. The second-order valence-electron chi connectivity index (χ2n) is 9.69. The van der Waals surface area contributed by atoms with Crippen molar-refractivity contribution >= 4 is 22.9 Å². The van der Waals surface area contributed by atoms with Crippen molar-refractivity contribution in [2.45, 2.75) is 44.6 Å². The number of ether oxygens (including phenoxy) is 1. The molecule has 174 valence electrons. The lowest BCUT2D eigenvalue weighted by atomic mass is 9.78. The highest BCUT2D eigenvalue weighted by Gasteiger charge is 2.47. The minimum absolute atomic E-state index is 0.0290. The number of aromatic amines is 2. The molecule has 10 heteroatoms. The zero-order chi connectivity index (χ0) is 22.4. The van der Waals surface area contributed by atoms with Gasteiger partial charge in [-0.15, -0.1) is 0 Å². The third-order valence-corrected chi connectivity index (χ3v) is 7.65. The standard InChI is InChI=1S/C23H28N6O4/c30-21(14-1-2-16-18(9-14)27-28-26-16)24-12-15-11-23(4-7-32-8-5-23)13-29(15)22(31)19-10-20-17(25-19)3-6-33-20/h3,6,10,14-15,25H,1-2,4-5,7-9,11-13H2,(H,24,30)(H,26,27,28). The number of amides is 2. The summed E-state index contributed by atoms with van der Waals surface area (Å²) in [6.45, 7) is 2.57. The third-order valence-electron chi connectivity index (χ3n) is 7.65. The number of aromatic nitrogens is 4. The van der Waals surface area contributed by atoms with Crippen LogP contribution in [0.4, 0.5) is 0 Å². The first-order valence-corrected chi connectivity index (χ1v) is 11.7. The number of nitrogens with zero attached hydrogens (tertiary/aromatic N) is 3. The fourth-order valence-corrected chi connectivity index (χ4v) is 5.74. The van der Waals surface area contributed by atoms with E-state index in [-0.39, 0.29) is 29.2 Å². The van der Waals surface area contributed by atoms with Crippen LogP contribution < -0.4 is 5.32 Å². The van der Waals surface area contributed by atoms with E-state index in [0.29, 0.717) is 30.8 Å². The molecular formula is C23H28N6O4. The van der Waals surface area contributed by atoms with Gasteiger partial charge in [0.15, 0.2) is 5.58 Å². The van der Waals surface area contributed by atoms with Crippen LogP contribution in [0.3, 0.4) is 0 Å². The number of likely N-dealkylation sites (tertiary alicyclic amines) is 1. The van der Waals surface area contributed by atoms with Gasteiger partial charge in [0.05, 0.1) is 29.2 Å². The van der Waals surface area contributed by atoms with Crippen molar-refractivity contribution in [3.05, 3.63) is 35.5 Å². The molecule has 3 aromatic rings. The third kappa shape index (κ3) is 3.72. The molecule has 2 aliphatic heterocycles. The monoisotopic (exact) mass is 452 g/mol. The zero-order valence-electron chi connectivity index (χ0n) is 18.4. The van der Waals surface area contributed by atoms with E-state index < -0.39 is 0 Å². The van der Waals surface area contributed by atoms with Gasteiger partial charge in [-0.3, -0.25) is 9.59 Å². The highest BCUT2D eigenvalue weighted by Crippen LogP contribution is 2.43. The van der Waals surface area contributed by atoms with Crippen LogP contribution in [0.2, 0.25) is 0 Å². The van der Waals surface area contributed by atoms with Gasteiger partial charge >= 0.3 is 0 Å². The number of hydrogen-bond donors (Lipinski definition) is 3. The summed E-state index contributed by atoms with van der Waals surface area (Å²) in [4.78, 5) is 31.6. The summed E-state index contributed by atoms with van der Waals surface area (Å²) in [5.41, 5.74) is 3.91. The smallest absolute Gasteiger partial charge is 0.270 e. The normalized spacial score (nSPS) is 24.3. The molecule has 3 aromatic heterocycles. The number of aryl methyl sites for hydroxylation is 1. The van der Waals surface area contributed by atoms with Crippen molar-refractivity contribution in [2.75, 3.05) is 26.3 Å². The van der Waals surface area contributed by atoms with Crippen LogP contribution >= 0.6 is 0 Å². The Labute approximate surface area is 190 Å². The minimum Gasteiger partial charge on any atom is -0.463 e. The van der Waals surface area contributed by atoms with E-state index in [1.165, 1.54) is 0 Å². The lowest BCUT2D eigenvalue weighted by Crippen LogP contribution is -2.45. The van der Waals surface area contributed by atoms with Gasteiger partial charge in [0.25, 0.3) is 5.91 Å². The highest BCUT2D eigenvalue weighted by atomic mass is 16.5. The van der Waals surface area contributed by atoms with E-state index in [2.05, 4.69) is 25.7 Å². The van der Waals surface area contributed by atoms with Gasteiger partial charge < -0.3 is 24.4 Å². The van der Waals surface area contributed by atoms with Crippen LogP contribution in [0.15, 0.2) is 22.8 Å². The molecule has 0 aromatic carbocycles. The maximum absolute atomic E-state index is 13.5. The van der Waals surface area contributed by atoms with E-state index in [1.807, 2.05) is 11.0 Å². The van der Waals surface area contributed by atoms with Gasteiger partial charge in [-0.1, -0.05) is 0 Å². The van der Waals surface area contributed by atoms with E-state index in [4.69, 9.17) is 9.15 Å². The molecule has 2 unspecified atom stereocenters. The summed E-state index contributed by atoms with van der Waals surface area (Å²) >= 11 is 0. The Morgan fingerprint density at radius 3 is 2.94 bits per heavy atom. The summed E-state index contributed by atoms with van der Waals surface area (Å²) in [5, 5.41) is 14.1. The number of nitrogens with one attached hydrogen (secondary N) is 3. The van der Waals surface area contributed by atoms with Gasteiger partial charge in [-0.2, -0.15) is 15.4 Å². The fourth-order valence-electron chi connectivity index (χ4n) is 5.74. The van der Waals surface area contributed by atoms with Crippen LogP contribution in [0.1, 0.15) is 47.6 Å². The molecule has 3 aliphatic rings. The molecule has 0 bridgehead atoms. The van der Waals surface area contributed by atoms with Gasteiger partial charge in [0.1, 0.15) is 5.69 Å². The largest absolute Gasteiger partial charge is 0.463 e. The Morgan fingerprint density at radius 2 is 2.09 bits per heavy atom. The molecule has 10 nitrogen and oxygen atoms in total. The van der Waals surface area contributed by atoms with Crippen molar-refractivity contribution < 1.29 is 18.7 Å². The van der Waals surface area contributed by atoms with Crippen LogP contribution in [-0.4, -0.2) is 69.5 Å². The molecule has 2 atom stereocenters. The zero-order valence-corrected chi connectivity index (χ0v) is 18.4. The second kappa shape index (κ2) is 8.02. The Bertz CT molecular complexity index is 1140. The molecule has 3 N–H and O–H groups in total. The van der Waals surface area contributed by atoms with Crippen molar-refractivity contribution in [1.82, 2.24) is 30.6 Å². The van der Waals surface area contributed by atoms with Gasteiger partial charge in [0, 0.05) is 50.8 Å². The van der Waals surface area contributed by atoms with Crippen LogP contribution in [0, 0.1) is 11.3 Å². The number of rotatable bonds is 4. The molecule has 6 rings (SSSR count). The first-order valence-electron chi connectivity index (χ1n) is 11.7.